The third-order valence-electron chi connectivity index (χ3n) is 0.894. The van der Waals surface area contributed by atoms with E-state index in [1.54, 1.807) is 0 Å². The van der Waals surface area contributed by atoms with Crippen LogP contribution >= 0.6 is 0 Å². The molecule has 0 aromatic carbocycles. The molecule has 0 spiro atoms. The first-order valence-electron chi connectivity index (χ1n) is 2.69. The Labute approximate surface area is 44.3 Å². The van der Waals surface area contributed by atoms with Gasteiger partial charge in [0.25, 0.3) is 0 Å². The predicted molar refractivity (Wildman–Crippen MR) is 30.0 cm³/mol. The first kappa shape index (κ1) is 6.92. The van der Waals surface area contributed by atoms with E-state index in [9.17, 15) is 0 Å². The van der Waals surface area contributed by atoms with Crippen molar-refractivity contribution in [3.05, 3.63) is 0 Å². The highest BCUT2D eigenvalue weighted by atomic mass is 16.3. The van der Waals surface area contributed by atoms with Gasteiger partial charge in [-0.1, -0.05) is 13.3 Å². The van der Waals surface area contributed by atoms with Crippen LogP contribution in [0.2, 0.25) is 0 Å². The average molecular weight is 103 g/mol. The van der Waals surface area contributed by atoms with Gasteiger partial charge >= 0.3 is 0 Å². The lowest BCUT2D eigenvalue weighted by Gasteiger charge is -2.01. The largest absolute Gasteiger partial charge is 0.392 e. The Morgan fingerprint density at radius 2 is 2.29 bits per heavy atom. The predicted octanol–water partition coefficient (Wildman–Crippen LogP) is 0.106. The number of hydrogen-bond acceptors (Lipinski definition) is 2. The van der Waals surface area contributed by atoms with E-state index in [-0.39, 0.29) is 6.10 Å². The van der Waals surface area contributed by atoms with Crippen molar-refractivity contribution in [1.29, 1.82) is 0 Å². The maximum atomic E-state index is 8.73. The van der Waals surface area contributed by atoms with Crippen molar-refractivity contribution < 1.29 is 5.11 Å². The molecule has 0 radical (unpaired) electrons. The maximum absolute atomic E-state index is 8.73. The van der Waals surface area contributed by atoms with E-state index in [1.807, 2.05) is 6.92 Å². The first-order chi connectivity index (χ1) is 3.31. The van der Waals surface area contributed by atoms with Crippen LogP contribution in [0.15, 0.2) is 0 Å². The Morgan fingerprint density at radius 3 is 2.43 bits per heavy atom. The average Bonchev–Trinajstić information content (AvgIpc) is 1.68. The molecule has 0 fully saturated rings. The summed E-state index contributed by atoms with van der Waals surface area (Å²) >= 11 is 0. The maximum Gasteiger partial charge on any atom is 0.0662 e. The number of aliphatic hydroxyl groups excluding tert-OH is 1. The smallest absolute Gasteiger partial charge is 0.0662 e. The van der Waals surface area contributed by atoms with E-state index < -0.39 is 0 Å². The van der Waals surface area contributed by atoms with Crippen molar-refractivity contribution >= 4 is 0 Å². The molecular formula is C5H13NO. The van der Waals surface area contributed by atoms with Gasteiger partial charge in [-0.15, -0.1) is 0 Å². The second-order valence-corrected chi connectivity index (χ2v) is 1.68. The van der Waals surface area contributed by atoms with Crippen LogP contribution in [-0.2, 0) is 0 Å². The summed E-state index contributed by atoms with van der Waals surface area (Å²) in [5, 5.41) is 8.73. The van der Waals surface area contributed by atoms with E-state index in [4.69, 9.17) is 10.8 Å². The van der Waals surface area contributed by atoms with Crippen molar-refractivity contribution in [1.82, 2.24) is 0 Å². The van der Waals surface area contributed by atoms with Crippen molar-refractivity contribution in [2.45, 2.75) is 25.9 Å². The second kappa shape index (κ2) is 4.09. The van der Waals surface area contributed by atoms with Crippen LogP contribution < -0.4 is 5.73 Å². The zero-order valence-electron chi connectivity index (χ0n) is 4.72. The Morgan fingerprint density at radius 1 is 1.71 bits per heavy atom. The van der Waals surface area contributed by atoms with Gasteiger partial charge in [-0.25, -0.2) is 0 Å². The van der Waals surface area contributed by atoms with Crippen LogP contribution in [0.1, 0.15) is 19.8 Å². The molecular weight excluding hydrogens is 90.1 g/mol. The van der Waals surface area contributed by atoms with Gasteiger partial charge in [0.1, 0.15) is 0 Å². The zero-order valence-corrected chi connectivity index (χ0v) is 4.72. The van der Waals surface area contributed by atoms with Crippen LogP contribution in [0, 0.1) is 0 Å². The van der Waals surface area contributed by atoms with Crippen LogP contribution in [0.5, 0.6) is 0 Å². The van der Waals surface area contributed by atoms with Crippen LogP contribution in [0.4, 0.5) is 0 Å². The molecule has 7 heavy (non-hydrogen) atoms. The summed E-state index contributed by atoms with van der Waals surface area (Å²) in [5.74, 6) is 0. The fourth-order valence-electron chi connectivity index (χ4n) is 0.451. The summed E-state index contributed by atoms with van der Waals surface area (Å²) in [6.07, 6.45) is 1.57. The first-order valence-corrected chi connectivity index (χ1v) is 2.69. The molecule has 0 bridgehead atoms. The summed E-state index contributed by atoms with van der Waals surface area (Å²) < 4.78 is 0. The fourth-order valence-corrected chi connectivity index (χ4v) is 0.451. The van der Waals surface area contributed by atoms with Crippen LogP contribution in [-0.4, -0.2) is 17.8 Å². The summed E-state index contributed by atoms with van der Waals surface area (Å²) in [6, 6.07) is 0. The SMILES string of the molecule is CCC[C@@H](O)CN. The van der Waals surface area contributed by atoms with E-state index in [0.29, 0.717) is 6.54 Å². The molecule has 2 heteroatoms. The minimum absolute atomic E-state index is 0.273. The topological polar surface area (TPSA) is 46.2 Å². The summed E-state index contributed by atoms with van der Waals surface area (Å²) in [5.41, 5.74) is 5.11. The Bertz CT molecular complexity index is 39.1. The van der Waals surface area contributed by atoms with Crippen molar-refractivity contribution in [2.75, 3.05) is 6.54 Å². The highest BCUT2D eigenvalue weighted by molar-refractivity contribution is 4.51. The fraction of sp³-hybridized carbons (Fsp3) is 1.00. The van der Waals surface area contributed by atoms with E-state index in [1.165, 1.54) is 0 Å². The molecule has 0 amide bonds. The van der Waals surface area contributed by atoms with Gasteiger partial charge in [0.05, 0.1) is 6.10 Å². The van der Waals surface area contributed by atoms with Gasteiger partial charge in [0.15, 0.2) is 0 Å². The third kappa shape index (κ3) is 3.76. The van der Waals surface area contributed by atoms with Crippen LogP contribution in [0.3, 0.4) is 0 Å². The molecule has 0 aliphatic rings. The highest BCUT2D eigenvalue weighted by Crippen LogP contribution is 1.91. The number of hydrogen-bond donors (Lipinski definition) is 2. The normalized spacial score (nSPS) is 14.1. The monoisotopic (exact) mass is 103 g/mol. The van der Waals surface area contributed by atoms with Gasteiger partial charge in [-0.2, -0.15) is 0 Å². The molecule has 0 aliphatic carbocycles. The lowest BCUT2D eigenvalue weighted by atomic mass is 10.2. The third-order valence-corrected chi connectivity index (χ3v) is 0.894. The second-order valence-electron chi connectivity index (χ2n) is 1.68. The highest BCUT2D eigenvalue weighted by Gasteiger charge is 1.94. The van der Waals surface area contributed by atoms with Crippen LogP contribution in [0.25, 0.3) is 0 Å². The van der Waals surface area contributed by atoms with Crippen molar-refractivity contribution in [3.8, 4) is 0 Å². The van der Waals surface area contributed by atoms with Gasteiger partial charge in [-0.3, -0.25) is 0 Å². The molecule has 1 atom stereocenters. The molecule has 44 valence electrons. The molecule has 0 aromatic heterocycles. The Kier molecular flexibility index (Phi) is 4.04. The summed E-state index contributed by atoms with van der Waals surface area (Å²) in [4.78, 5) is 0. The molecule has 0 aromatic rings. The summed E-state index contributed by atoms with van der Waals surface area (Å²) in [6.45, 7) is 2.42. The molecule has 0 saturated heterocycles. The minimum Gasteiger partial charge on any atom is -0.392 e. The van der Waals surface area contributed by atoms with Crippen molar-refractivity contribution in [3.63, 3.8) is 0 Å². The number of aliphatic hydroxyl groups is 1. The molecule has 0 rings (SSSR count). The van der Waals surface area contributed by atoms with E-state index in [2.05, 4.69) is 0 Å². The van der Waals surface area contributed by atoms with E-state index in [0.717, 1.165) is 12.8 Å². The molecule has 2 nitrogen and oxygen atoms in total. The van der Waals surface area contributed by atoms with Gasteiger partial charge in [0, 0.05) is 6.54 Å². The standard InChI is InChI=1S/C5H13NO/c1-2-3-5(7)4-6/h5,7H,2-4,6H2,1H3/t5-/m1/s1. The number of nitrogens with two attached hydrogens (primary N) is 1. The van der Waals surface area contributed by atoms with Crippen molar-refractivity contribution in [2.24, 2.45) is 5.73 Å². The minimum atomic E-state index is -0.273. The molecule has 0 heterocycles. The van der Waals surface area contributed by atoms with Gasteiger partial charge < -0.3 is 10.8 Å². The van der Waals surface area contributed by atoms with E-state index >= 15 is 0 Å². The Hall–Kier alpha value is -0.0800. The lowest BCUT2D eigenvalue weighted by molar-refractivity contribution is 0.172. The molecule has 0 aliphatic heterocycles. The summed E-state index contributed by atoms with van der Waals surface area (Å²) in [7, 11) is 0. The molecule has 0 saturated carbocycles. The Balaban J connectivity index is 2.83. The molecule has 0 unspecified atom stereocenters. The van der Waals surface area contributed by atoms with Gasteiger partial charge in [-0.05, 0) is 6.42 Å². The molecule has 3 N–H and O–H groups in total. The quantitative estimate of drug-likeness (QED) is 0.532. The lowest BCUT2D eigenvalue weighted by Crippen LogP contribution is -2.18. The van der Waals surface area contributed by atoms with Gasteiger partial charge in [0.2, 0.25) is 0 Å². The number of rotatable bonds is 3. The zero-order chi connectivity index (χ0) is 5.70.